The number of likely N-dealkylation sites (tertiary alicyclic amines) is 1. The molecule has 3 rings (SSSR count). The van der Waals surface area contributed by atoms with Crippen LogP contribution in [0.5, 0.6) is 0 Å². The Morgan fingerprint density at radius 2 is 1.96 bits per heavy atom. The molecule has 0 radical (unpaired) electrons. The Morgan fingerprint density at radius 3 is 2.56 bits per heavy atom. The molecular formula is C17H21F2N3O3. The van der Waals surface area contributed by atoms with Crippen LogP contribution >= 0.6 is 0 Å². The predicted octanol–water partition coefficient (Wildman–Crippen LogP) is 0.945. The van der Waals surface area contributed by atoms with Crippen molar-refractivity contribution in [1.29, 1.82) is 0 Å². The van der Waals surface area contributed by atoms with E-state index in [1.807, 2.05) is 11.8 Å². The summed E-state index contributed by atoms with van der Waals surface area (Å²) < 4.78 is 29.3. The molecule has 1 aromatic carbocycles. The van der Waals surface area contributed by atoms with Crippen LogP contribution in [0.2, 0.25) is 0 Å². The molecule has 25 heavy (non-hydrogen) atoms. The van der Waals surface area contributed by atoms with Crippen molar-refractivity contribution in [1.82, 2.24) is 10.2 Å². The molecule has 2 aliphatic heterocycles. The maximum Gasteiger partial charge on any atom is 0.238 e. The van der Waals surface area contributed by atoms with Gasteiger partial charge in [0.2, 0.25) is 11.8 Å². The molecule has 2 N–H and O–H groups in total. The number of aliphatic hydroxyl groups excluding tert-OH is 1. The molecule has 0 aromatic heterocycles. The van der Waals surface area contributed by atoms with Crippen LogP contribution in [0.3, 0.4) is 0 Å². The number of amides is 2. The number of hydrogen-bond acceptors (Lipinski definition) is 5. The van der Waals surface area contributed by atoms with Gasteiger partial charge >= 0.3 is 0 Å². The predicted molar refractivity (Wildman–Crippen MR) is 86.9 cm³/mol. The Morgan fingerprint density at radius 1 is 1.28 bits per heavy atom. The molecule has 2 atom stereocenters. The first-order chi connectivity index (χ1) is 11.9. The molecule has 2 aliphatic rings. The SMILES string of the molecule is C[C@@H]1CN(c2cc(F)c(C3CCC(=O)N(CO)C3=O)c(F)c2)CCN1. The van der Waals surface area contributed by atoms with E-state index < -0.39 is 36.1 Å². The number of aliphatic hydroxyl groups is 1. The molecule has 1 unspecified atom stereocenters. The number of piperazine rings is 1. The van der Waals surface area contributed by atoms with Gasteiger partial charge in [-0.25, -0.2) is 8.78 Å². The van der Waals surface area contributed by atoms with Gasteiger partial charge in [0.25, 0.3) is 0 Å². The Hall–Kier alpha value is -2.06. The summed E-state index contributed by atoms with van der Waals surface area (Å²) >= 11 is 0. The summed E-state index contributed by atoms with van der Waals surface area (Å²) in [6.45, 7) is 3.20. The number of carbonyl (C=O) groups is 2. The number of benzene rings is 1. The second kappa shape index (κ2) is 7.05. The zero-order chi connectivity index (χ0) is 18.1. The minimum absolute atomic E-state index is 0.0338. The second-order valence-electron chi connectivity index (χ2n) is 6.52. The van der Waals surface area contributed by atoms with Crippen molar-refractivity contribution < 1.29 is 23.5 Å². The molecule has 2 fully saturated rings. The van der Waals surface area contributed by atoms with Crippen molar-refractivity contribution in [3.8, 4) is 0 Å². The van der Waals surface area contributed by atoms with Crippen LogP contribution in [0.1, 0.15) is 31.2 Å². The Balaban J connectivity index is 1.90. The number of nitrogens with zero attached hydrogens (tertiary/aromatic N) is 2. The third-order valence-electron chi connectivity index (χ3n) is 4.80. The van der Waals surface area contributed by atoms with Crippen molar-refractivity contribution in [3.63, 3.8) is 0 Å². The van der Waals surface area contributed by atoms with Crippen molar-refractivity contribution in [2.45, 2.75) is 31.7 Å². The second-order valence-corrected chi connectivity index (χ2v) is 6.52. The van der Waals surface area contributed by atoms with Gasteiger partial charge in [0.1, 0.15) is 18.4 Å². The molecule has 2 saturated heterocycles. The first-order valence-corrected chi connectivity index (χ1v) is 8.34. The number of nitrogens with one attached hydrogen (secondary N) is 1. The van der Waals surface area contributed by atoms with Gasteiger partial charge in [-0.1, -0.05) is 0 Å². The monoisotopic (exact) mass is 353 g/mol. The quantitative estimate of drug-likeness (QED) is 0.792. The normalized spacial score (nSPS) is 24.8. The molecule has 0 bridgehead atoms. The summed E-state index contributed by atoms with van der Waals surface area (Å²) in [5.74, 6) is -3.99. The maximum atomic E-state index is 14.6. The van der Waals surface area contributed by atoms with E-state index in [0.29, 0.717) is 23.7 Å². The Labute approximate surface area is 144 Å². The fraction of sp³-hybridized carbons (Fsp3) is 0.529. The number of imide groups is 1. The van der Waals surface area contributed by atoms with Gasteiger partial charge < -0.3 is 15.3 Å². The smallest absolute Gasteiger partial charge is 0.238 e. The molecule has 8 heteroatoms. The third-order valence-corrected chi connectivity index (χ3v) is 4.80. The van der Waals surface area contributed by atoms with Crippen molar-refractivity contribution in [2.75, 3.05) is 31.3 Å². The highest BCUT2D eigenvalue weighted by molar-refractivity contribution is 6.01. The standard InChI is InChI=1S/C17H21F2N3O3/c1-10-8-21(5-4-20-10)11-6-13(18)16(14(19)7-11)12-2-3-15(24)22(9-23)17(12)25/h6-7,10,12,20,23H,2-5,8-9H2,1H3/t10-,12?/m1/s1. The van der Waals surface area contributed by atoms with Crippen LogP contribution in [0.4, 0.5) is 14.5 Å². The van der Waals surface area contributed by atoms with Crippen molar-refractivity contribution in [2.24, 2.45) is 0 Å². The lowest BCUT2D eigenvalue weighted by atomic mass is 9.88. The van der Waals surface area contributed by atoms with E-state index in [-0.39, 0.29) is 24.4 Å². The van der Waals surface area contributed by atoms with Crippen LogP contribution in [0.25, 0.3) is 0 Å². The Bertz CT molecular complexity index is 675. The minimum Gasteiger partial charge on any atom is -0.376 e. The summed E-state index contributed by atoms with van der Waals surface area (Å²) in [6.07, 6.45) is -0.00106. The summed E-state index contributed by atoms with van der Waals surface area (Å²) in [4.78, 5) is 26.4. The highest BCUT2D eigenvalue weighted by atomic mass is 19.1. The molecule has 0 spiro atoms. The van der Waals surface area contributed by atoms with E-state index in [0.717, 1.165) is 6.54 Å². The van der Waals surface area contributed by atoms with Gasteiger partial charge in [-0.05, 0) is 25.5 Å². The number of carbonyl (C=O) groups excluding carboxylic acids is 2. The first kappa shape index (κ1) is 17.8. The maximum absolute atomic E-state index is 14.6. The lowest BCUT2D eigenvalue weighted by Gasteiger charge is -2.34. The van der Waals surface area contributed by atoms with E-state index in [1.165, 1.54) is 12.1 Å². The summed E-state index contributed by atoms with van der Waals surface area (Å²) in [5.41, 5.74) is 0.105. The van der Waals surface area contributed by atoms with Crippen LogP contribution < -0.4 is 10.2 Å². The lowest BCUT2D eigenvalue weighted by Crippen LogP contribution is -2.49. The Kier molecular flexibility index (Phi) is 5.01. The van der Waals surface area contributed by atoms with Crippen LogP contribution in [0, 0.1) is 11.6 Å². The van der Waals surface area contributed by atoms with Gasteiger partial charge in [0.05, 0.1) is 5.92 Å². The van der Waals surface area contributed by atoms with Gasteiger partial charge in [-0.2, -0.15) is 0 Å². The topological polar surface area (TPSA) is 72.9 Å². The van der Waals surface area contributed by atoms with E-state index in [1.54, 1.807) is 0 Å². The largest absolute Gasteiger partial charge is 0.376 e. The minimum atomic E-state index is -1.10. The summed E-state index contributed by atoms with van der Waals surface area (Å²) in [5, 5.41) is 12.4. The zero-order valence-corrected chi connectivity index (χ0v) is 14.0. The van der Waals surface area contributed by atoms with Crippen LogP contribution in [0.15, 0.2) is 12.1 Å². The van der Waals surface area contributed by atoms with Gasteiger partial charge in [-0.3, -0.25) is 14.5 Å². The number of hydrogen-bond donors (Lipinski definition) is 2. The summed E-state index contributed by atoms with van der Waals surface area (Å²) in [6, 6.07) is 2.69. The van der Waals surface area contributed by atoms with E-state index in [4.69, 9.17) is 5.11 Å². The van der Waals surface area contributed by atoms with E-state index in [2.05, 4.69) is 5.32 Å². The van der Waals surface area contributed by atoms with Gasteiger partial charge in [0, 0.05) is 43.3 Å². The average molecular weight is 353 g/mol. The fourth-order valence-corrected chi connectivity index (χ4v) is 3.51. The number of piperidine rings is 1. The number of halogens is 2. The highest BCUT2D eigenvalue weighted by Gasteiger charge is 2.38. The summed E-state index contributed by atoms with van der Waals surface area (Å²) in [7, 11) is 0. The fourth-order valence-electron chi connectivity index (χ4n) is 3.51. The first-order valence-electron chi connectivity index (χ1n) is 8.34. The van der Waals surface area contributed by atoms with Crippen LogP contribution in [-0.4, -0.2) is 54.2 Å². The molecule has 0 saturated carbocycles. The number of anilines is 1. The molecule has 1 aromatic rings. The molecule has 2 heterocycles. The number of rotatable bonds is 3. The molecule has 0 aliphatic carbocycles. The van der Waals surface area contributed by atoms with E-state index in [9.17, 15) is 18.4 Å². The zero-order valence-electron chi connectivity index (χ0n) is 14.0. The molecule has 6 nitrogen and oxygen atoms in total. The molecule has 2 amide bonds. The third kappa shape index (κ3) is 3.36. The molecular weight excluding hydrogens is 332 g/mol. The highest BCUT2D eigenvalue weighted by Crippen LogP contribution is 2.34. The van der Waals surface area contributed by atoms with Gasteiger partial charge in [0.15, 0.2) is 0 Å². The van der Waals surface area contributed by atoms with Crippen LogP contribution in [-0.2, 0) is 9.59 Å². The van der Waals surface area contributed by atoms with Gasteiger partial charge in [-0.15, -0.1) is 0 Å². The van der Waals surface area contributed by atoms with Crippen molar-refractivity contribution >= 4 is 17.5 Å². The lowest BCUT2D eigenvalue weighted by molar-refractivity contribution is -0.153. The molecule has 136 valence electrons. The van der Waals surface area contributed by atoms with Crippen molar-refractivity contribution in [3.05, 3.63) is 29.3 Å². The van der Waals surface area contributed by atoms with E-state index >= 15 is 0 Å². The average Bonchev–Trinajstić information content (AvgIpc) is 2.56.